The van der Waals surface area contributed by atoms with E-state index in [1.807, 2.05) is 12.1 Å². The summed E-state index contributed by atoms with van der Waals surface area (Å²) in [5.74, 6) is -0.122. The Morgan fingerprint density at radius 2 is 1.80 bits per heavy atom. The highest BCUT2D eigenvalue weighted by Crippen LogP contribution is 2.16. The van der Waals surface area contributed by atoms with Crippen molar-refractivity contribution in [2.45, 2.75) is 25.9 Å². The Bertz CT molecular complexity index is 571. The second-order valence-corrected chi connectivity index (χ2v) is 5.31. The number of aromatic hydroxyl groups is 1. The quantitative estimate of drug-likeness (QED) is 0.876. The molecule has 2 aromatic rings. The number of hydrogen-bond acceptors (Lipinski definition) is 2. The van der Waals surface area contributed by atoms with Crippen LogP contribution >= 0.6 is 11.6 Å². The van der Waals surface area contributed by atoms with Gasteiger partial charge in [0.05, 0.1) is 5.02 Å². The largest absolute Gasteiger partial charge is 0.508 e. The molecule has 0 aliphatic rings. The van der Waals surface area contributed by atoms with Crippen LogP contribution in [0.1, 0.15) is 18.1 Å². The van der Waals surface area contributed by atoms with Crippen LogP contribution in [0, 0.1) is 5.82 Å². The Kier molecular flexibility index (Phi) is 4.99. The van der Waals surface area contributed by atoms with E-state index >= 15 is 0 Å². The van der Waals surface area contributed by atoms with Crippen molar-refractivity contribution in [1.82, 2.24) is 5.32 Å². The van der Waals surface area contributed by atoms with Gasteiger partial charge in [-0.2, -0.15) is 0 Å². The Labute approximate surface area is 123 Å². The minimum atomic E-state index is -0.396. The summed E-state index contributed by atoms with van der Waals surface area (Å²) in [6.45, 7) is 2.72. The highest BCUT2D eigenvalue weighted by molar-refractivity contribution is 6.30. The van der Waals surface area contributed by atoms with Crippen molar-refractivity contribution < 1.29 is 9.50 Å². The maximum Gasteiger partial charge on any atom is 0.141 e. The average molecular weight is 294 g/mol. The van der Waals surface area contributed by atoms with Crippen molar-refractivity contribution in [3.8, 4) is 5.75 Å². The van der Waals surface area contributed by atoms with Crippen molar-refractivity contribution in [3.63, 3.8) is 0 Å². The maximum atomic E-state index is 13.0. The van der Waals surface area contributed by atoms with Gasteiger partial charge in [-0.15, -0.1) is 0 Å². The monoisotopic (exact) mass is 293 g/mol. The Balaban J connectivity index is 1.86. The van der Waals surface area contributed by atoms with Crippen LogP contribution < -0.4 is 5.32 Å². The van der Waals surface area contributed by atoms with E-state index in [0.29, 0.717) is 6.54 Å². The molecule has 2 nitrogen and oxygen atoms in total. The third kappa shape index (κ3) is 4.22. The first-order chi connectivity index (χ1) is 9.54. The summed E-state index contributed by atoms with van der Waals surface area (Å²) in [7, 11) is 0. The predicted octanol–water partition coefficient (Wildman–Crippen LogP) is 3.91. The molecule has 2 N–H and O–H groups in total. The summed E-state index contributed by atoms with van der Waals surface area (Å²) < 4.78 is 13.0. The van der Waals surface area contributed by atoms with E-state index in [-0.39, 0.29) is 16.8 Å². The van der Waals surface area contributed by atoms with Gasteiger partial charge in [0.25, 0.3) is 0 Å². The molecule has 1 atom stereocenters. The molecule has 0 amide bonds. The highest BCUT2D eigenvalue weighted by atomic mass is 35.5. The molecule has 0 aliphatic heterocycles. The summed E-state index contributed by atoms with van der Waals surface area (Å²) >= 11 is 5.75. The fraction of sp³-hybridized carbons (Fsp3) is 0.250. The average Bonchev–Trinajstić information content (AvgIpc) is 2.43. The smallest absolute Gasteiger partial charge is 0.141 e. The molecule has 0 aliphatic carbocycles. The predicted molar refractivity (Wildman–Crippen MR) is 79.5 cm³/mol. The molecule has 0 saturated carbocycles. The molecule has 0 radical (unpaired) electrons. The molecule has 20 heavy (non-hydrogen) atoms. The van der Waals surface area contributed by atoms with Gasteiger partial charge in [-0.1, -0.05) is 29.8 Å². The molecule has 0 bridgehead atoms. The molecule has 0 spiro atoms. The van der Waals surface area contributed by atoms with E-state index in [9.17, 15) is 9.50 Å². The molecular formula is C16H17ClFNO. The SMILES string of the molecule is CC(Cc1ccc(O)cc1)NCc1ccc(F)c(Cl)c1. The van der Waals surface area contributed by atoms with Gasteiger partial charge in [0.1, 0.15) is 11.6 Å². The molecule has 0 aromatic heterocycles. The Morgan fingerprint density at radius 3 is 2.45 bits per heavy atom. The van der Waals surface area contributed by atoms with E-state index in [1.54, 1.807) is 24.3 Å². The number of hydrogen-bond donors (Lipinski definition) is 2. The van der Waals surface area contributed by atoms with Gasteiger partial charge in [0.2, 0.25) is 0 Å². The molecule has 2 aromatic carbocycles. The lowest BCUT2D eigenvalue weighted by molar-refractivity contribution is 0.474. The molecule has 0 fully saturated rings. The van der Waals surface area contributed by atoms with E-state index in [4.69, 9.17) is 11.6 Å². The van der Waals surface area contributed by atoms with Gasteiger partial charge in [-0.25, -0.2) is 4.39 Å². The van der Waals surface area contributed by atoms with Crippen molar-refractivity contribution in [2.24, 2.45) is 0 Å². The van der Waals surface area contributed by atoms with Gasteiger partial charge in [0, 0.05) is 12.6 Å². The van der Waals surface area contributed by atoms with Crippen LogP contribution in [0.3, 0.4) is 0 Å². The molecule has 0 saturated heterocycles. The second-order valence-electron chi connectivity index (χ2n) is 4.90. The molecule has 1 unspecified atom stereocenters. The summed E-state index contributed by atoms with van der Waals surface area (Å²) in [6, 6.07) is 12.2. The Morgan fingerprint density at radius 1 is 1.15 bits per heavy atom. The van der Waals surface area contributed by atoms with Crippen LogP contribution in [0.5, 0.6) is 5.75 Å². The highest BCUT2D eigenvalue weighted by Gasteiger charge is 2.05. The van der Waals surface area contributed by atoms with Crippen LogP contribution in [0.4, 0.5) is 4.39 Å². The fourth-order valence-corrected chi connectivity index (χ4v) is 2.20. The number of phenolic OH excluding ortho intramolecular Hbond substituents is 1. The van der Waals surface area contributed by atoms with E-state index < -0.39 is 5.82 Å². The number of phenols is 1. The van der Waals surface area contributed by atoms with Gasteiger partial charge in [-0.05, 0) is 48.7 Å². The van der Waals surface area contributed by atoms with Crippen molar-refractivity contribution in [3.05, 3.63) is 64.4 Å². The zero-order valence-electron chi connectivity index (χ0n) is 11.2. The minimum Gasteiger partial charge on any atom is -0.508 e. The number of halogens is 2. The summed E-state index contributed by atoms with van der Waals surface area (Å²) in [5, 5.41) is 12.7. The molecule has 4 heteroatoms. The van der Waals surface area contributed by atoms with Crippen LogP contribution in [0.25, 0.3) is 0 Å². The first-order valence-electron chi connectivity index (χ1n) is 6.50. The van der Waals surface area contributed by atoms with Crippen molar-refractivity contribution in [2.75, 3.05) is 0 Å². The third-order valence-electron chi connectivity index (χ3n) is 3.12. The lowest BCUT2D eigenvalue weighted by atomic mass is 10.1. The normalized spacial score (nSPS) is 12.3. The molecule has 0 heterocycles. The van der Waals surface area contributed by atoms with Crippen LogP contribution in [-0.2, 0) is 13.0 Å². The summed E-state index contributed by atoms with van der Waals surface area (Å²) in [6.07, 6.45) is 0.856. The van der Waals surface area contributed by atoms with Crippen LogP contribution in [-0.4, -0.2) is 11.1 Å². The maximum absolute atomic E-state index is 13.0. The lowest BCUT2D eigenvalue weighted by Gasteiger charge is -2.14. The van der Waals surface area contributed by atoms with Crippen LogP contribution in [0.15, 0.2) is 42.5 Å². The molecule has 2 rings (SSSR count). The minimum absolute atomic E-state index is 0.149. The van der Waals surface area contributed by atoms with Gasteiger partial charge >= 0.3 is 0 Å². The van der Waals surface area contributed by atoms with E-state index in [0.717, 1.165) is 17.5 Å². The summed E-state index contributed by atoms with van der Waals surface area (Å²) in [5.41, 5.74) is 2.11. The lowest BCUT2D eigenvalue weighted by Crippen LogP contribution is -2.27. The summed E-state index contributed by atoms with van der Waals surface area (Å²) in [4.78, 5) is 0. The van der Waals surface area contributed by atoms with E-state index in [2.05, 4.69) is 12.2 Å². The molecular weight excluding hydrogens is 277 g/mol. The fourth-order valence-electron chi connectivity index (χ4n) is 2.00. The first-order valence-corrected chi connectivity index (χ1v) is 6.87. The number of nitrogens with one attached hydrogen (secondary N) is 1. The standard InChI is InChI=1S/C16H17ClFNO/c1-11(8-12-2-5-14(20)6-3-12)19-10-13-4-7-16(18)15(17)9-13/h2-7,9,11,19-20H,8,10H2,1H3. The van der Waals surface area contributed by atoms with E-state index in [1.165, 1.54) is 6.07 Å². The van der Waals surface area contributed by atoms with Gasteiger partial charge in [0.15, 0.2) is 0 Å². The van der Waals surface area contributed by atoms with Crippen molar-refractivity contribution in [1.29, 1.82) is 0 Å². The zero-order valence-corrected chi connectivity index (χ0v) is 12.0. The number of benzene rings is 2. The number of rotatable bonds is 5. The first kappa shape index (κ1) is 14.8. The third-order valence-corrected chi connectivity index (χ3v) is 3.41. The van der Waals surface area contributed by atoms with Crippen LogP contribution in [0.2, 0.25) is 5.02 Å². The Hall–Kier alpha value is -1.58. The van der Waals surface area contributed by atoms with Crippen molar-refractivity contribution >= 4 is 11.6 Å². The molecule has 106 valence electrons. The van der Waals surface area contributed by atoms with Gasteiger partial charge < -0.3 is 10.4 Å². The second kappa shape index (κ2) is 6.73. The zero-order chi connectivity index (χ0) is 14.5. The topological polar surface area (TPSA) is 32.3 Å². The van der Waals surface area contributed by atoms with Gasteiger partial charge in [-0.3, -0.25) is 0 Å².